The number of aldehydes is 1. The Labute approximate surface area is 81.3 Å². The minimum atomic E-state index is 0.0408. The zero-order chi connectivity index (χ0) is 10.1. The van der Waals surface area contributed by atoms with Crippen molar-refractivity contribution in [3.8, 4) is 0 Å². The average molecular weight is 186 g/mol. The van der Waals surface area contributed by atoms with Crippen LogP contribution in [0.25, 0.3) is 0 Å². The lowest BCUT2D eigenvalue weighted by molar-refractivity contribution is -0.109. The van der Waals surface area contributed by atoms with Crippen LogP contribution in [0.15, 0.2) is 0 Å². The molecule has 0 rings (SSSR count). The van der Waals surface area contributed by atoms with E-state index in [0.29, 0.717) is 6.04 Å². The molecule has 0 aromatic rings. The lowest BCUT2D eigenvalue weighted by Gasteiger charge is -2.10. The quantitative estimate of drug-likeness (QED) is 0.438. The number of carbonyl (C=O) groups is 1. The molecule has 0 radical (unpaired) electrons. The molecule has 0 aliphatic heterocycles. The summed E-state index contributed by atoms with van der Waals surface area (Å²) >= 11 is 0. The molecule has 1 atom stereocenters. The van der Waals surface area contributed by atoms with Crippen LogP contribution >= 0.6 is 0 Å². The first kappa shape index (κ1) is 12.6. The second-order valence-corrected chi connectivity index (χ2v) is 3.64. The van der Waals surface area contributed by atoms with Gasteiger partial charge in [0.05, 0.1) is 6.04 Å². The third-order valence-electron chi connectivity index (χ3n) is 2.03. The number of unbranched alkanes of at least 4 members (excludes halogenated alkanes) is 1. The van der Waals surface area contributed by atoms with E-state index >= 15 is 0 Å². The van der Waals surface area contributed by atoms with Gasteiger partial charge in [0.2, 0.25) is 0 Å². The highest BCUT2D eigenvalue weighted by molar-refractivity contribution is 5.57. The average Bonchev–Trinajstić information content (AvgIpc) is 2.11. The van der Waals surface area contributed by atoms with Crippen molar-refractivity contribution >= 4 is 6.29 Å². The molecular weight excluding hydrogens is 164 g/mol. The second kappa shape index (κ2) is 8.20. The maximum Gasteiger partial charge on any atom is 0.136 e. The van der Waals surface area contributed by atoms with Crippen LogP contribution in [0.2, 0.25) is 0 Å². The molecule has 0 aliphatic carbocycles. The fourth-order valence-corrected chi connectivity index (χ4v) is 1.16. The van der Waals surface area contributed by atoms with Gasteiger partial charge in [0.25, 0.3) is 0 Å². The van der Waals surface area contributed by atoms with Gasteiger partial charge in [-0.2, -0.15) is 0 Å². The van der Waals surface area contributed by atoms with Gasteiger partial charge >= 0.3 is 0 Å². The molecule has 2 N–H and O–H groups in total. The zero-order valence-corrected chi connectivity index (χ0v) is 8.97. The fourth-order valence-electron chi connectivity index (χ4n) is 1.16. The van der Waals surface area contributed by atoms with E-state index in [4.69, 9.17) is 0 Å². The molecule has 0 saturated heterocycles. The molecule has 0 aliphatic rings. The first-order chi connectivity index (χ1) is 6.20. The molecular formula is C10H22N2O. The predicted octanol–water partition coefficient (Wildman–Crippen LogP) is 0.942. The molecule has 0 unspecified atom stereocenters. The lowest BCUT2D eigenvalue weighted by Crippen LogP contribution is -2.27. The van der Waals surface area contributed by atoms with E-state index in [-0.39, 0.29) is 6.04 Å². The van der Waals surface area contributed by atoms with Crippen LogP contribution < -0.4 is 10.6 Å². The highest BCUT2D eigenvalue weighted by atomic mass is 16.1. The van der Waals surface area contributed by atoms with Gasteiger partial charge in [-0.1, -0.05) is 20.3 Å². The van der Waals surface area contributed by atoms with Crippen molar-refractivity contribution < 1.29 is 4.79 Å². The van der Waals surface area contributed by atoms with E-state index in [1.807, 2.05) is 7.05 Å². The van der Waals surface area contributed by atoms with Crippen molar-refractivity contribution in [3.63, 3.8) is 0 Å². The number of hydrogen-bond acceptors (Lipinski definition) is 3. The van der Waals surface area contributed by atoms with Gasteiger partial charge in [0.15, 0.2) is 0 Å². The third kappa shape index (κ3) is 7.94. The molecule has 0 heterocycles. The summed E-state index contributed by atoms with van der Waals surface area (Å²) in [4.78, 5) is 10.4. The lowest BCUT2D eigenvalue weighted by atomic mass is 10.1. The van der Waals surface area contributed by atoms with E-state index in [2.05, 4.69) is 24.5 Å². The number of nitrogens with one attached hydrogen (secondary N) is 2. The molecule has 0 fully saturated rings. The van der Waals surface area contributed by atoms with Crippen LogP contribution in [-0.4, -0.2) is 32.0 Å². The van der Waals surface area contributed by atoms with E-state index < -0.39 is 0 Å². The summed E-state index contributed by atoms with van der Waals surface area (Å²) < 4.78 is 0. The van der Waals surface area contributed by atoms with Gasteiger partial charge in [-0.05, 0) is 26.4 Å². The first-order valence-corrected chi connectivity index (χ1v) is 5.06. The molecule has 0 aromatic carbocycles. The van der Waals surface area contributed by atoms with Crippen molar-refractivity contribution in [2.24, 2.45) is 0 Å². The summed E-state index contributed by atoms with van der Waals surface area (Å²) in [6, 6.07) is 0.602. The van der Waals surface area contributed by atoms with Crippen LogP contribution in [0.4, 0.5) is 0 Å². The molecule has 78 valence electrons. The fraction of sp³-hybridized carbons (Fsp3) is 0.900. The van der Waals surface area contributed by atoms with Crippen molar-refractivity contribution in [1.29, 1.82) is 0 Å². The number of hydrogen-bond donors (Lipinski definition) is 2. The second-order valence-electron chi connectivity index (χ2n) is 3.64. The molecule has 3 nitrogen and oxygen atoms in total. The maximum atomic E-state index is 10.4. The van der Waals surface area contributed by atoms with E-state index in [0.717, 1.165) is 32.1 Å². The summed E-state index contributed by atoms with van der Waals surface area (Å²) in [7, 11) is 1.82. The predicted molar refractivity (Wildman–Crippen MR) is 55.9 cm³/mol. The molecule has 3 heteroatoms. The van der Waals surface area contributed by atoms with Crippen molar-refractivity contribution in [2.75, 3.05) is 13.6 Å². The molecule has 0 saturated carbocycles. The normalized spacial score (nSPS) is 13.2. The van der Waals surface area contributed by atoms with Crippen LogP contribution in [0.3, 0.4) is 0 Å². The Morgan fingerprint density at radius 1 is 1.31 bits per heavy atom. The molecule has 13 heavy (non-hydrogen) atoms. The van der Waals surface area contributed by atoms with Crippen LogP contribution in [0, 0.1) is 0 Å². The highest BCUT2D eigenvalue weighted by Crippen LogP contribution is 1.97. The van der Waals surface area contributed by atoms with Crippen LogP contribution in [0.1, 0.15) is 33.1 Å². The largest absolute Gasteiger partial charge is 0.315 e. The maximum absolute atomic E-state index is 10.4. The summed E-state index contributed by atoms with van der Waals surface area (Å²) in [6.07, 6.45) is 4.17. The zero-order valence-electron chi connectivity index (χ0n) is 8.97. The third-order valence-corrected chi connectivity index (χ3v) is 2.03. The Hall–Kier alpha value is -0.410. The van der Waals surface area contributed by atoms with Gasteiger partial charge in [-0.3, -0.25) is 0 Å². The van der Waals surface area contributed by atoms with E-state index in [1.165, 1.54) is 0 Å². The van der Waals surface area contributed by atoms with Crippen molar-refractivity contribution in [3.05, 3.63) is 0 Å². The van der Waals surface area contributed by atoms with Crippen LogP contribution in [0.5, 0.6) is 0 Å². The Kier molecular flexibility index (Phi) is 7.94. The molecule has 0 spiro atoms. The standard InChI is InChI=1S/C10H22N2O/c1-9(2)12-7-5-4-6-10(8-13)11-3/h8-12H,4-7H2,1-3H3/t10-/m0/s1. The smallest absolute Gasteiger partial charge is 0.136 e. The van der Waals surface area contributed by atoms with E-state index in [9.17, 15) is 4.79 Å². The van der Waals surface area contributed by atoms with Gasteiger partial charge in [0, 0.05) is 6.04 Å². The first-order valence-electron chi connectivity index (χ1n) is 5.06. The minimum absolute atomic E-state index is 0.0408. The highest BCUT2D eigenvalue weighted by Gasteiger charge is 2.02. The van der Waals surface area contributed by atoms with E-state index in [1.54, 1.807) is 0 Å². The van der Waals surface area contributed by atoms with Crippen LogP contribution in [-0.2, 0) is 4.79 Å². The number of likely N-dealkylation sites (N-methyl/N-ethyl adjacent to an activating group) is 1. The Morgan fingerprint density at radius 3 is 2.46 bits per heavy atom. The van der Waals surface area contributed by atoms with Crippen molar-refractivity contribution in [1.82, 2.24) is 10.6 Å². The number of carbonyl (C=O) groups excluding carboxylic acids is 1. The summed E-state index contributed by atoms with van der Waals surface area (Å²) in [5, 5.41) is 6.31. The Bertz CT molecular complexity index is 126. The SMILES string of the molecule is CN[C@H](C=O)CCCCNC(C)C. The van der Waals surface area contributed by atoms with Crippen molar-refractivity contribution in [2.45, 2.75) is 45.2 Å². The minimum Gasteiger partial charge on any atom is -0.315 e. The van der Waals surface area contributed by atoms with Gasteiger partial charge < -0.3 is 15.4 Å². The summed E-state index contributed by atoms with van der Waals surface area (Å²) in [5.41, 5.74) is 0. The Morgan fingerprint density at radius 2 is 2.00 bits per heavy atom. The molecule has 0 aromatic heterocycles. The number of rotatable bonds is 8. The van der Waals surface area contributed by atoms with Gasteiger partial charge in [0.1, 0.15) is 6.29 Å². The van der Waals surface area contributed by atoms with Gasteiger partial charge in [-0.15, -0.1) is 0 Å². The summed E-state index contributed by atoms with van der Waals surface area (Å²) in [5.74, 6) is 0. The molecule has 0 amide bonds. The van der Waals surface area contributed by atoms with Gasteiger partial charge in [-0.25, -0.2) is 0 Å². The topological polar surface area (TPSA) is 41.1 Å². The Balaban J connectivity index is 3.19. The monoisotopic (exact) mass is 186 g/mol. The molecule has 0 bridgehead atoms. The summed E-state index contributed by atoms with van der Waals surface area (Å²) in [6.45, 7) is 5.33.